The number of rotatable bonds is 7. The molecular formula is C26H25N3O3S2. The van der Waals surface area contributed by atoms with Gasteiger partial charge < -0.3 is 4.57 Å². The average Bonchev–Trinajstić information content (AvgIpc) is 3.16. The van der Waals surface area contributed by atoms with Crippen LogP contribution in [0.5, 0.6) is 0 Å². The molecule has 1 amide bonds. The lowest BCUT2D eigenvalue weighted by atomic mass is 10.0. The zero-order valence-electron chi connectivity index (χ0n) is 18.9. The van der Waals surface area contributed by atoms with Gasteiger partial charge in [-0.15, -0.1) is 6.58 Å². The molecule has 0 aliphatic carbocycles. The summed E-state index contributed by atoms with van der Waals surface area (Å²) in [4.78, 5) is 18.1. The molecule has 0 radical (unpaired) electrons. The maximum atomic E-state index is 13.0. The van der Waals surface area contributed by atoms with Crippen molar-refractivity contribution in [1.82, 2.24) is 4.57 Å². The number of allylic oxidation sites excluding steroid dienone is 1. The number of hydrogen-bond donors (Lipinski definition) is 1. The lowest BCUT2D eigenvalue weighted by Gasteiger charge is -2.08. The van der Waals surface area contributed by atoms with Crippen molar-refractivity contribution in [2.45, 2.75) is 31.2 Å². The summed E-state index contributed by atoms with van der Waals surface area (Å²) >= 11 is 1.45. The molecule has 34 heavy (non-hydrogen) atoms. The number of carbonyl (C=O) groups is 1. The average molecular weight is 492 g/mol. The second kappa shape index (κ2) is 9.79. The van der Waals surface area contributed by atoms with Gasteiger partial charge in [-0.3, -0.25) is 9.52 Å². The second-order valence-electron chi connectivity index (χ2n) is 8.08. The van der Waals surface area contributed by atoms with E-state index in [4.69, 9.17) is 0 Å². The Morgan fingerprint density at radius 3 is 2.56 bits per heavy atom. The molecule has 0 aliphatic heterocycles. The summed E-state index contributed by atoms with van der Waals surface area (Å²) in [6.07, 6.45) is 1.77. The van der Waals surface area contributed by atoms with Crippen LogP contribution < -0.4 is 9.52 Å². The number of carbonyl (C=O) groups excluding carboxylic acids is 1. The lowest BCUT2D eigenvalue weighted by Crippen LogP contribution is -2.16. The van der Waals surface area contributed by atoms with Gasteiger partial charge in [0.15, 0.2) is 4.80 Å². The minimum Gasteiger partial charge on any atom is -0.312 e. The number of benzene rings is 3. The summed E-state index contributed by atoms with van der Waals surface area (Å²) < 4.78 is 30.8. The Hall–Kier alpha value is -3.49. The van der Waals surface area contributed by atoms with Crippen LogP contribution in [0.2, 0.25) is 0 Å². The first-order chi connectivity index (χ1) is 16.3. The van der Waals surface area contributed by atoms with E-state index in [1.165, 1.54) is 35.1 Å². The first kappa shape index (κ1) is 23.7. The highest BCUT2D eigenvalue weighted by atomic mass is 32.2. The van der Waals surface area contributed by atoms with Crippen molar-refractivity contribution in [3.63, 3.8) is 0 Å². The molecule has 0 spiro atoms. The Balaban J connectivity index is 1.69. The van der Waals surface area contributed by atoms with Crippen LogP contribution in [0.3, 0.4) is 0 Å². The van der Waals surface area contributed by atoms with E-state index in [-0.39, 0.29) is 4.90 Å². The van der Waals surface area contributed by atoms with Crippen LogP contribution in [-0.2, 0) is 16.6 Å². The van der Waals surface area contributed by atoms with E-state index in [1.54, 1.807) is 42.5 Å². The fourth-order valence-electron chi connectivity index (χ4n) is 3.52. The summed E-state index contributed by atoms with van der Waals surface area (Å²) in [6, 6.07) is 20.7. The highest BCUT2D eigenvalue weighted by molar-refractivity contribution is 7.92. The maximum absolute atomic E-state index is 13.0. The molecule has 0 saturated heterocycles. The summed E-state index contributed by atoms with van der Waals surface area (Å²) in [5.41, 5.74) is 2.79. The quantitative estimate of drug-likeness (QED) is 0.344. The number of aromatic nitrogens is 1. The normalized spacial score (nSPS) is 12.3. The SMILES string of the molecule is C=CCn1c(=NC(=O)c2cccc(NS(=O)(=O)c3ccccc3)c2)sc2cc(C(C)C)ccc21. The lowest BCUT2D eigenvalue weighted by molar-refractivity contribution is 0.0998. The molecule has 4 aromatic rings. The van der Waals surface area contributed by atoms with Gasteiger partial charge in [-0.25, -0.2) is 8.42 Å². The van der Waals surface area contributed by atoms with E-state index in [0.717, 1.165) is 10.2 Å². The zero-order chi connectivity index (χ0) is 24.3. The molecule has 6 nitrogen and oxygen atoms in total. The fourth-order valence-corrected chi connectivity index (χ4v) is 5.68. The molecule has 0 bridgehead atoms. The van der Waals surface area contributed by atoms with E-state index in [9.17, 15) is 13.2 Å². The number of nitrogens with zero attached hydrogens (tertiary/aromatic N) is 2. The Labute approximate surface area is 203 Å². The number of fused-ring (bicyclic) bond motifs is 1. The van der Waals surface area contributed by atoms with Crippen LogP contribution in [-0.4, -0.2) is 18.9 Å². The molecule has 1 heterocycles. The van der Waals surface area contributed by atoms with Gasteiger partial charge in [0.2, 0.25) is 0 Å². The van der Waals surface area contributed by atoms with Gasteiger partial charge in [-0.1, -0.05) is 61.6 Å². The summed E-state index contributed by atoms with van der Waals surface area (Å²) in [5, 5.41) is 0. The number of nitrogens with one attached hydrogen (secondary N) is 1. The third kappa shape index (κ3) is 5.03. The van der Waals surface area contributed by atoms with Crippen molar-refractivity contribution in [3.8, 4) is 0 Å². The molecule has 8 heteroatoms. The topological polar surface area (TPSA) is 80.5 Å². The smallest absolute Gasteiger partial charge is 0.279 e. The van der Waals surface area contributed by atoms with Crippen molar-refractivity contribution < 1.29 is 13.2 Å². The van der Waals surface area contributed by atoms with E-state index in [2.05, 4.69) is 42.3 Å². The van der Waals surface area contributed by atoms with E-state index in [0.29, 0.717) is 28.5 Å². The standard InChI is InChI=1S/C26H25N3O3S2/c1-4-15-29-23-14-13-19(18(2)3)17-24(23)33-26(29)27-25(30)20-9-8-10-21(16-20)28-34(31,32)22-11-6-5-7-12-22/h4-14,16-18,28H,1,15H2,2-3H3. The number of amides is 1. The largest absolute Gasteiger partial charge is 0.312 e. The number of sulfonamides is 1. The Bertz CT molecular complexity index is 1530. The van der Waals surface area contributed by atoms with Crippen molar-refractivity contribution >= 4 is 43.2 Å². The number of thiazole rings is 1. The van der Waals surface area contributed by atoms with E-state index < -0.39 is 15.9 Å². The van der Waals surface area contributed by atoms with E-state index >= 15 is 0 Å². The molecule has 0 aliphatic rings. The van der Waals surface area contributed by atoms with E-state index in [1.807, 2.05) is 10.6 Å². The number of anilines is 1. The van der Waals surface area contributed by atoms with Crippen molar-refractivity contribution in [3.05, 3.63) is 101 Å². The zero-order valence-corrected chi connectivity index (χ0v) is 20.6. The molecule has 4 rings (SSSR count). The van der Waals surface area contributed by atoms with Gasteiger partial charge in [0.05, 0.1) is 15.1 Å². The van der Waals surface area contributed by atoms with Gasteiger partial charge in [-0.2, -0.15) is 4.99 Å². The van der Waals surface area contributed by atoms with Crippen molar-refractivity contribution in [1.29, 1.82) is 0 Å². The van der Waals surface area contributed by atoms with Crippen molar-refractivity contribution in [2.24, 2.45) is 4.99 Å². The van der Waals surface area contributed by atoms with Gasteiger partial charge >= 0.3 is 0 Å². The third-order valence-corrected chi connectivity index (χ3v) is 7.74. The maximum Gasteiger partial charge on any atom is 0.279 e. The van der Waals surface area contributed by atoms with Crippen LogP contribution in [0, 0.1) is 0 Å². The van der Waals surface area contributed by atoms with Gasteiger partial charge in [-0.05, 0) is 53.9 Å². The van der Waals surface area contributed by atoms with Gasteiger partial charge in [0.1, 0.15) is 0 Å². The molecule has 0 atom stereocenters. The second-order valence-corrected chi connectivity index (χ2v) is 10.8. The molecule has 174 valence electrons. The van der Waals surface area contributed by atoms with Gasteiger partial charge in [0.25, 0.3) is 15.9 Å². The van der Waals surface area contributed by atoms with Crippen LogP contribution in [0.4, 0.5) is 5.69 Å². The van der Waals surface area contributed by atoms with Crippen LogP contribution in [0.1, 0.15) is 35.7 Å². The summed E-state index contributed by atoms with van der Waals surface area (Å²) in [5.74, 6) is -0.0574. The van der Waals surface area contributed by atoms with Crippen LogP contribution in [0.25, 0.3) is 10.2 Å². The highest BCUT2D eigenvalue weighted by Gasteiger charge is 2.15. The molecule has 0 fully saturated rings. The van der Waals surface area contributed by atoms with Crippen molar-refractivity contribution in [2.75, 3.05) is 4.72 Å². The highest BCUT2D eigenvalue weighted by Crippen LogP contribution is 2.24. The van der Waals surface area contributed by atoms with Crippen LogP contribution in [0.15, 0.2) is 95.3 Å². The first-order valence-corrected chi connectivity index (χ1v) is 13.1. The fraction of sp³-hybridized carbons (Fsp3) is 0.154. The predicted molar refractivity (Wildman–Crippen MR) is 138 cm³/mol. The Morgan fingerprint density at radius 1 is 1.09 bits per heavy atom. The van der Waals surface area contributed by atoms with Gasteiger partial charge in [0, 0.05) is 17.8 Å². The number of hydrogen-bond acceptors (Lipinski definition) is 4. The molecule has 0 unspecified atom stereocenters. The Morgan fingerprint density at radius 2 is 1.85 bits per heavy atom. The minimum absolute atomic E-state index is 0.146. The summed E-state index contributed by atoms with van der Waals surface area (Å²) in [7, 11) is -3.76. The molecular weight excluding hydrogens is 466 g/mol. The molecule has 0 saturated carbocycles. The third-order valence-electron chi connectivity index (χ3n) is 5.30. The Kier molecular flexibility index (Phi) is 6.81. The molecule has 3 aromatic carbocycles. The summed E-state index contributed by atoms with van der Waals surface area (Å²) in [6.45, 7) is 8.63. The monoisotopic (exact) mass is 491 g/mol. The first-order valence-electron chi connectivity index (χ1n) is 10.8. The van der Waals surface area contributed by atoms with Crippen LogP contribution >= 0.6 is 11.3 Å². The molecule has 1 aromatic heterocycles. The minimum atomic E-state index is -3.76. The predicted octanol–water partition coefficient (Wildman–Crippen LogP) is 5.55. The molecule has 1 N–H and O–H groups in total.